The SMILES string of the molecule is CCN(CCN(C)C(=O)OCC(Cl)(Cl)Cl)Cc1cccc2cc(C(=O)Nc3cc(C(C)(C)C)cc(NS(C)(=O)=O)c3OC)n(C)c12. The van der Waals surface area contributed by atoms with Gasteiger partial charge < -0.3 is 24.3 Å². The number of benzene rings is 2. The molecule has 0 radical (unpaired) electrons. The Balaban J connectivity index is 1.88. The van der Waals surface area contributed by atoms with Crippen molar-refractivity contribution >= 4 is 79.1 Å². The lowest BCUT2D eigenvalue weighted by Crippen LogP contribution is -2.37. The monoisotopic (exact) mass is 717 g/mol. The van der Waals surface area contributed by atoms with E-state index in [1.165, 1.54) is 12.0 Å². The van der Waals surface area contributed by atoms with Gasteiger partial charge in [0.25, 0.3) is 5.91 Å². The van der Waals surface area contributed by atoms with Gasteiger partial charge >= 0.3 is 6.09 Å². The standard InChI is InChI=1S/C31H42Cl3N5O6S/c1-9-39(14-13-37(5)29(41)45-19-31(32,33)34)18-21-12-10-11-20-15-25(38(6)26(20)21)28(40)35-23-16-22(30(2,3)4)17-24(27(23)44-7)36-46(8,42)43/h10-12,15-17,36H,9,13-14,18-19H2,1-8H3,(H,35,40). The Kier molecular flexibility index (Phi) is 12.2. The van der Waals surface area contributed by atoms with Crippen LogP contribution in [0.15, 0.2) is 36.4 Å². The molecule has 15 heteroatoms. The summed E-state index contributed by atoms with van der Waals surface area (Å²) in [5, 5.41) is 3.83. The van der Waals surface area contributed by atoms with E-state index in [0.717, 1.165) is 28.3 Å². The molecule has 0 fully saturated rings. The number of ether oxygens (including phenoxy) is 2. The van der Waals surface area contributed by atoms with Crippen LogP contribution < -0.4 is 14.8 Å². The number of amides is 2. The molecule has 2 amide bonds. The minimum atomic E-state index is -3.62. The molecule has 254 valence electrons. The van der Waals surface area contributed by atoms with Crippen molar-refractivity contribution in [1.29, 1.82) is 0 Å². The van der Waals surface area contributed by atoms with E-state index < -0.39 is 19.9 Å². The lowest BCUT2D eigenvalue weighted by atomic mass is 9.86. The normalized spacial score (nSPS) is 12.3. The van der Waals surface area contributed by atoms with E-state index in [9.17, 15) is 18.0 Å². The van der Waals surface area contributed by atoms with Gasteiger partial charge in [-0.15, -0.1) is 0 Å². The lowest BCUT2D eigenvalue weighted by Gasteiger charge is -2.25. The van der Waals surface area contributed by atoms with Gasteiger partial charge in [0.1, 0.15) is 12.3 Å². The number of aromatic nitrogens is 1. The van der Waals surface area contributed by atoms with Crippen LogP contribution in [0.2, 0.25) is 0 Å². The second kappa shape index (κ2) is 14.9. The zero-order valence-electron chi connectivity index (χ0n) is 27.3. The number of halogens is 3. The van der Waals surface area contributed by atoms with Crippen molar-refractivity contribution in [3.05, 3.63) is 53.2 Å². The highest BCUT2D eigenvalue weighted by atomic mass is 35.6. The summed E-state index contributed by atoms with van der Waals surface area (Å²) < 4.78 is 37.5. The van der Waals surface area contributed by atoms with Crippen molar-refractivity contribution in [2.75, 3.05) is 56.7 Å². The molecule has 0 atom stereocenters. The molecule has 1 heterocycles. The molecule has 3 aromatic rings. The second-order valence-corrected chi connectivity index (χ2v) is 16.4. The van der Waals surface area contributed by atoms with Gasteiger partial charge in [-0.2, -0.15) is 0 Å². The maximum Gasteiger partial charge on any atom is 0.409 e. The first-order valence-corrected chi connectivity index (χ1v) is 17.5. The van der Waals surface area contributed by atoms with Crippen molar-refractivity contribution in [2.45, 2.75) is 43.4 Å². The topological polar surface area (TPSA) is 122 Å². The van der Waals surface area contributed by atoms with Crippen LogP contribution in [0.3, 0.4) is 0 Å². The lowest BCUT2D eigenvalue weighted by molar-refractivity contribution is 0.101. The van der Waals surface area contributed by atoms with Crippen molar-refractivity contribution in [3.63, 3.8) is 0 Å². The number of anilines is 2. The molecule has 0 aliphatic heterocycles. The van der Waals surface area contributed by atoms with E-state index in [1.807, 2.05) is 63.6 Å². The number of carbonyl (C=O) groups is 2. The average molecular weight is 719 g/mol. The van der Waals surface area contributed by atoms with E-state index in [2.05, 4.69) is 14.9 Å². The number of rotatable bonds is 12. The fourth-order valence-corrected chi connectivity index (χ4v) is 5.62. The smallest absolute Gasteiger partial charge is 0.409 e. The van der Waals surface area contributed by atoms with Gasteiger partial charge in [0.2, 0.25) is 13.8 Å². The van der Waals surface area contributed by atoms with Gasteiger partial charge in [-0.1, -0.05) is 80.7 Å². The number of alkyl halides is 3. The molecule has 3 rings (SSSR count). The third-order valence-electron chi connectivity index (χ3n) is 7.34. The number of nitrogens with one attached hydrogen (secondary N) is 2. The Hall–Kier alpha value is -2.90. The van der Waals surface area contributed by atoms with Crippen LogP contribution in [0.25, 0.3) is 10.9 Å². The fourth-order valence-electron chi connectivity index (χ4n) is 4.91. The molecule has 0 saturated carbocycles. The van der Waals surface area contributed by atoms with Crippen LogP contribution in [-0.4, -0.2) is 85.2 Å². The number of likely N-dealkylation sites (N-methyl/N-ethyl adjacent to an activating group) is 2. The average Bonchev–Trinajstić information content (AvgIpc) is 3.29. The van der Waals surface area contributed by atoms with Crippen LogP contribution in [0, 0.1) is 0 Å². The van der Waals surface area contributed by atoms with Crippen molar-refractivity contribution in [2.24, 2.45) is 7.05 Å². The Labute approximate surface area is 286 Å². The minimum Gasteiger partial charge on any atom is -0.492 e. The molecule has 46 heavy (non-hydrogen) atoms. The molecule has 0 bridgehead atoms. The number of carbonyl (C=O) groups excluding carboxylic acids is 2. The van der Waals surface area contributed by atoms with Crippen molar-refractivity contribution < 1.29 is 27.5 Å². The largest absolute Gasteiger partial charge is 0.492 e. The zero-order chi connectivity index (χ0) is 34.6. The Bertz CT molecular complexity index is 1680. The van der Waals surface area contributed by atoms with E-state index in [0.29, 0.717) is 37.6 Å². The predicted octanol–water partition coefficient (Wildman–Crippen LogP) is 6.37. The molecular weight excluding hydrogens is 677 g/mol. The third kappa shape index (κ3) is 10.0. The van der Waals surface area contributed by atoms with Crippen molar-refractivity contribution in [1.82, 2.24) is 14.4 Å². The molecule has 2 aromatic carbocycles. The third-order valence-corrected chi connectivity index (χ3v) is 8.26. The number of nitrogens with zero attached hydrogens (tertiary/aromatic N) is 3. The van der Waals surface area contributed by atoms with Gasteiger partial charge in [0, 0.05) is 39.1 Å². The summed E-state index contributed by atoms with van der Waals surface area (Å²) in [5.41, 5.74) is 3.31. The van der Waals surface area contributed by atoms with Crippen molar-refractivity contribution in [3.8, 4) is 5.75 Å². The van der Waals surface area contributed by atoms with Crippen LogP contribution in [0.4, 0.5) is 16.2 Å². The molecule has 1 aromatic heterocycles. The number of hydrogen-bond donors (Lipinski definition) is 2. The number of para-hydroxylation sites is 1. The Morgan fingerprint density at radius 1 is 1.04 bits per heavy atom. The zero-order valence-corrected chi connectivity index (χ0v) is 30.4. The van der Waals surface area contributed by atoms with Gasteiger partial charge in [0.05, 0.1) is 30.3 Å². The van der Waals surface area contributed by atoms with Gasteiger partial charge in [-0.25, -0.2) is 13.2 Å². The van der Waals surface area contributed by atoms with E-state index in [-0.39, 0.29) is 29.4 Å². The highest BCUT2D eigenvalue weighted by Gasteiger charge is 2.25. The number of sulfonamides is 1. The molecule has 0 spiro atoms. The summed E-state index contributed by atoms with van der Waals surface area (Å²) in [6.45, 7) is 9.86. The fraction of sp³-hybridized carbons (Fsp3) is 0.484. The molecular formula is C31H42Cl3N5O6S. The molecule has 0 saturated heterocycles. The number of aryl methyl sites for hydroxylation is 1. The predicted molar refractivity (Wildman–Crippen MR) is 186 cm³/mol. The van der Waals surface area contributed by atoms with Gasteiger partial charge in [-0.3, -0.25) is 14.4 Å². The second-order valence-electron chi connectivity index (χ2n) is 12.1. The maximum absolute atomic E-state index is 13.8. The quantitative estimate of drug-likeness (QED) is 0.209. The van der Waals surface area contributed by atoms with E-state index >= 15 is 0 Å². The van der Waals surface area contributed by atoms with E-state index in [1.54, 1.807) is 19.2 Å². The summed E-state index contributed by atoms with van der Waals surface area (Å²) >= 11 is 17.0. The van der Waals surface area contributed by atoms with Gasteiger partial charge in [0.15, 0.2) is 5.75 Å². The Morgan fingerprint density at radius 3 is 2.26 bits per heavy atom. The summed E-state index contributed by atoms with van der Waals surface area (Å²) in [7, 11) is 1.24. The minimum absolute atomic E-state index is 0.200. The van der Waals surface area contributed by atoms with Crippen LogP contribution in [-0.2, 0) is 33.8 Å². The molecule has 11 nitrogen and oxygen atoms in total. The van der Waals surface area contributed by atoms with Gasteiger partial charge in [-0.05, 0) is 41.3 Å². The maximum atomic E-state index is 13.8. The summed E-state index contributed by atoms with van der Waals surface area (Å²) in [6.07, 6.45) is 0.467. The highest BCUT2D eigenvalue weighted by molar-refractivity contribution is 7.92. The van der Waals surface area contributed by atoms with Crippen LogP contribution in [0.1, 0.15) is 49.3 Å². The highest BCUT2D eigenvalue weighted by Crippen LogP contribution is 2.39. The number of methoxy groups -OCH3 is 1. The molecule has 2 N–H and O–H groups in total. The first-order valence-electron chi connectivity index (χ1n) is 14.5. The summed E-state index contributed by atoms with van der Waals surface area (Å²) in [4.78, 5) is 29.6. The Morgan fingerprint density at radius 2 is 1.70 bits per heavy atom. The molecule has 0 aliphatic rings. The summed E-state index contributed by atoms with van der Waals surface area (Å²) in [5.74, 6) is -0.187. The van der Waals surface area contributed by atoms with Crippen LogP contribution in [0.5, 0.6) is 5.75 Å². The number of fused-ring (bicyclic) bond motifs is 1. The molecule has 0 aliphatic carbocycles. The van der Waals surface area contributed by atoms with E-state index in [4.69, 9.17) is 44.3 Å². The number of hydrogen-bond acceptors (Lipinski definition) is 7. The molecule has 0 unspecified atom stereocenters. The van der Waals surface area contributed by atoms with Crippen LogP contribution >= 0.6 is 34.8 Å². The first kappa shape index (κ1) is 37.6. The first-order chi connectivity index (χ1) is 21.2. The summed E-state index contributed by atoms with van der Waals surface area (Å²) in [6, 6.07) is 11.2.